The maximum Gasteiger partial charge on any atom is 0.143 e. The fourth-order valence-electron chi connectivity index (χ4n) is 7.78. The van der Waals surface area contributed by atoms with Gasteiger partial charge in [0.15, 0.2) is 0 Å². The first-order valence-corrected chi connectivity index (χ1v) is 18.4. The standard InChI is InChI=1S/C52H35NO/c1-3-11-36(12-4-1)38-21-28-44(29-22-38)53(45-30-23-39(24-31-45)43-17-9-16-42(35-43)37-13-5-2-6-14-37)46-32-25-41(26-33-46)47-19-10-20-50-51(47)49-34-27-40-15-7-8-18-48(40)52(49)54-50/h1-35H. The smallest absolute Gasteiger partial charge is 0.143 e. The van der Waals surface area contributed by atoms with Crippen molar-refractivity contribution in [1.82, 2.24) is 0 Å². The molecule has 1 heterocycles. The van der Waals surface area contributed by atoms with Gasteiger partial charge in [0.05, 0.1) is 0 Å². The minimum Gasteiger partial charge on any atom is -0.455 e. The lowest BCUT2D eigenvalue weighted by Gasteiger charge is -2.26. The normalized spacial score (nSPS) is 11.3. The summed E-state index contributed by atoms with van der Waals surface area (Å²) in [5.41, 5.74) is 14.6. The van der Waals surface area contributed by atoms with Gasteiger partial charge in [-0.2, -0.15) is 0 Å². The number of furan rings is 1. The highest BCUT2D eigenvalue weighted by Gasteiger charge is 2.17. The molecule has 0 aliphatic carbocycles. The summed E-state index contributed by atoms with van der Waals surface area (Å²) in [5, 5.41) is 4.60. The molecular formula is C52H35NO. The third kappa shape index (κ3) is 5.71. The predicted molar refractivity (Wildman–Crippen MR) is 228 cm³/mol. The van der Waals surface area contributed by atoms with Gasteiger partial charge in [0.25, 0.3) is 0 Å². The van der Waals surface area contributed by atoms with Gasteiger partial charge in [0, 0.05) is 33.2 Å². The molecule has 2 heteroatoms. The SMILES string of the molecule is c1ccc(-c2ccc(N(c3ccc(-c4cccc(-c5ccccc5)c4)cc3)c3ccc(-c4cccc5oc6c7ccccc7ccc6c45)cc3)cc2)cc1. The van der Waals surface area contributed by atoms with Crippen molar-refractivity contribution in [2.24, 2.45) is 0 Å². The number of rotatable bonds is 7. The summed E-state index contributed by atoms with van der Waals surface area (Å²) >= 11 is 0. The first-order chi connectivity index (χ1) is 26.8. The summed E-state index contributed by atoms with van der Waals surface area (Å²) in [5.74, 6) is 0. The van der Waals surface area contributed by atoms with Crippen molar-refractivity contribution in [3.63, 3.8) is 0 Å². The lowest BCUT2D eigenvalue weighted by molar-refractivity contribution is 0.673. The number of nitrogens with zero attached hydrogens (tertiary/aromatic N) is 1. The van der Waals surface area contributed by atoms with E-state index < -0.39 is 0 Å². The summed E-state index contributed by atoms with van der Waals surface area (Å²) in [6.45, 7) is 0. The van der Waals surface area contributed by atoms with Crippen molar-refractivity contribution in [2.75, 3.05) is 4.90 Å². The Hall–Kier alpha value is -7.16. The molecule has 10 aromatic rings. The molecule has 0 bridgehead atoms. The molecule has 254 valence electrons. The van der Waals surface area contributed by atoms with Gasteiger partial charge in [-0.1, -0.05) is 158 Å². The van der Waals surface area contributed by atoms with E-state index in [0.29, 0.717) is 0 Å². The van der Waals surface area contributed by atoms with Crippen LogP contribution >= 0.6 is 0 Å². The predicted octanol–water partition coefficient (Wildman–Crippen LogP) is 14.9. The molecule has 1 aromatic heterocycles. The molecule has 0 N–H and O–H groups in total. The minimum absolute atomic E-state index is 0.900. The minimum atomic E-state index is 0.900. The third-order valence-electron chi connectivity index (χ3n) is 10.5. The summed E-state index contributed by atoms with van der Waals surface area (Å²) in [6, 6.07) is 75.8. The van der Waals surface area contributed by atoms with Gasteiger partial charge in [-0.25, -0.2) is 0 Å². The Morgan fingerprint density at radius 3 is 1.43 bits per heavy atom. The second kappa shape index (κ2) is 13.4. The molecular weight excluding hydrogens is 655 g/mol. The van der Waals surface area contributed by atoms with Gasteiger partial charge in [0.2, 0.25) is 0 Å². The van der Waals surface area contributed by atoms with Crippen molar-refractivity contribution < 1.29 is 4.42 Å². The molecule has 0 saturated carbocycles. The second-order valence-electron chi connectivity index (χ2n) is 13.7. The van der Waals surface area contributed by atoms with Crippen LogP contribution in [-0.2, 0) is 0 Å². The van der Waals surface area contributed by atoms with Gasteiger partial charge in [-0.15, -0.1) is 0 Å². The fraction of sp³-hybridized carbons (Fsp3) is 0. The van der Waals surface area contributed by atoms with Gasteiger partial charge < -0.3 is 9.32 Å². The van der Waals surface area contributed by atoms with Crippen LogP contribution in [0.15, 0.2) is 217 Å². The van der Waals surface area contributed by atoms with Crippen LogP contribution in [0.2, 0.25) is 0 Å². The van der Waals surface area contributed by atoms with E-state index >= 15 is 0 Å². The highest BCUT2D eigenvalue weighted by molar-refractivity contribution is 6.19. The molecule has 54 heavy (non-hydrogen) atoms. The monoisotopic (exact) mass is 689 g/mol. The van der Waals surface area contributed by atoms with E-state index in [9.17, 15) is 0 Å². The number of hydrogen-bond donors (Lipinski definition) is 0. The van der Waals surface area contributed by atoms with Gasteiger partial charge in [0.1, 0.15) is 11.2 Å². The van der Waals surface area contributed by atoms with Gasteiger partial charge in [-0.3, -0.25) is 0 Å². The highest BCUT2D eigenvalue weighted by atomic mass is 16.3. The van der Waals surface area contributed by atoms with Crippen LogP contribution in [0.1, 0.15) is 0 Å². The molecule has 0 aliphatic heterocycles. The zero-order valence-corrected chi connectivity index (χ0v) is 29.6. The molecule has 0 atom stereocenters. The average molecular weight is 690 g/mol. The topological polar surface area (TPSA) is 16.4 Å². The van der Waals surface area contributed by atoms with E-state index in [1.165, 1.54) is 38.8 Å². The average Bonchev–Trinajstić information content (AvgIpc) is 3.65. The van der Waals surface area contributed by atoms with E-state index in [-0.39, 0.29) is 0 Å². The third-order valence-corrected chi connectivity index (χ3v) is 10.5. The lowest BCUT2D eigenvalue weighted by atomic mass is 9.97. The van der Waals surface area contributed by atoms with Crippen LogP contribution in [0.4, 0.5) is 17.1 Å². The number of anilines is 3. The first kappa shape index (κ1) is 31.6. The molecule has 0 amide bonds. The van der Waals surface area contributed by atoms with Crippen molar-refractivity contribution in [3.8, 4) is 44.5 Å². The van der Waals surface area contributed by atoms with Crippen LogP contribution < -0.4 is 4.90 Å². The Morgan fingerprint density at radius 2 is 0.796 bits per heavy atom. The van der Waals surface area contributed by atoms with Crippen LogP contribution in [0.3, 0.4) is 0 Å². The molecule has 2 nitrogen and oxygen atoms in total. The van der Waals surface area contributed by atoms with E-state index in [2.05, 4.69) is 217 Å². The Kier molecular flexibility index (Phi) is 7.85. The Bertz CT molecular complexity index is 2890. The van der Waals surface area contributed by atoms with Crippen LogP contribution in [0.25, 0.3) is 77.2 Å². The zero-order valence-electron chi connectivity index (χ0n) is 29.6. The van der Waals surface area contributed by atoms with Crippen molar-refractivity contribution >= 4 is 49.8 Å². The largest absolute Gasteiger partial charge is 0.455 e. The Labute approximate surface area is 314 Å². The maximum atomic E-state index is 6.51. The summed E-state index contributed by atoms with van der Waals surface area (Å²) in [4.78, 5) is 2.34. The molecule has 0 unspecified atom stereocenters. The summed E-state index contributed by atoms with van der Waals surface area (Å²) in [7, 11) is 0. The van der Waals surface area contributed by atoms with Crippen LogP contribution in [-0.4, -0.2) is 0 Å². The van der Waals surface area contributed by atoms with Gasteiger partial charge >= 0.3 is 0 Å². The van der Waals surface area contributed by atoms with E-state index in [0.717, 1.165) is 55.5 Å². The molecule has 0 fully saturated rings. The first-order valence-electron chi connectivity index (χ1n) is 18.4. The maximum absolute atomic E-state index is 6.51. The van der Waals surface area contributed by atoms with E-state index in [1.807, 2.05) is 0 Å². The molecule has 0 radical (unpaired) electrons. The summed E-state index contributed by atoms with van der Waals surface area (Å²) < 4.78 is 6.51. The number of fused-ring (bicyclic) bond motifs is 5. The molecule has 0 spiro atoms. The van der Waals surface area contributed by atoms with E-state index in [1.54, 1.807) is 0 Å². The molecule has 10 rings (SSSR count). The molecule has 0 saturated heterocycles. The lowest BCUT2D eigenvalue weighted by Crippen LogP contribution is -2.09. The second-order valence-corrected chi connectivity index (χ2v) is 13.7. The number of benzene rings is 9. The fourth-order valence-corrected chi connectivity index (χ4v) is 7.78. The number of hydrogen-bond acceptors (Lipinski definition) is 2. The quantitative estimate of drug-likeness (QED) is 0.166. The van der Waals surface area contributed by atoms with Crippen molar-refractivity contribution in [2.45, 2.75) is 0 Å². The Balaban J connectivity index is 1.04. The van der Waals surface area contributed by atoms with Crippen LogP contribution in [0, 0.1) is 0 Å². The van der Waals surface area contributed by atoms with Crippen molar-refractivity contribution in [1.29, 1.82) is 0 Å². The van der Waals surface area contributed by atoms with Crippen LogP contribution in [0.5, 0.6) is 0 Å². The Morgan fingerprint density at radius 1 is 0.315 bits per heavy atom. The summed E-state index contributed by atoms with van der Waals surface area (Å²) in [6.07, 6.45) is 0. The molecule has 0 aliphatic rings. The molecule has 9 aromatic carbocycles. The van der Waals surface area contributed by atoms with E-state index in [4.69, 9.17) is 4.42 Å². The van der Waals surface area contributed by atoms with Crippen molar-refractivity contribution in [3.05, 3.63) is 212 Å². The highest BCUT2D eigenvalue weighted by Crippen LogP contribution is 2.42. The van der Waals surface area contributed by atoms with Gasteiger partial charge in [-0.05, 0) is 104 Å². The zero-order chi connectivity index (χ0) is 35.8.